The molecule has 0 radical (unpaired) electrons. The Morgan fingerprint density at radius 2 is 1.61 bits per heavy atom. The third kappa shape index (κ3) is 8.76. The van der Waals surface area contributed by atoms with Crippen LogP contribution in [0, 0.1) is 0 Å². The number of hydrogen-bond donors (Lipinski definition) is 2. The maximum absolute atomic E-state index is 10.6. The molecule has 0 aromatic rings. The molecule has 1 rings (SSSR count). The van der Waals surface area contributed by atoms with Crippen molar-refractivity contribution < 1.29 is 37.7 Å². The smallest absolute Gasteiger partial charge is 0.481 e. The van der Waals surface area contributed by atoms with Crippen LogP contribution in [0.2, 0.25) is 0 Å². The van der Waals surface area contributed by atoms with E-state index in [9.17, 15) is 18.0 Å². The van der Waals surface area contributed by atoms with Crippen molar-refractivity contribution >= 4 is 11.9 Å². The molecule has 0 aromatic carbocycles. The van der Waals surface area contributed by atoms with E-state index in [2.05, 4.69) is 4.90 Å². The van der Waals surface area contributed by atoms with E-state index in [-0.39, 0.29) is 6.42 Å². The summed E-state index contributed by atoms with van der Waals surface area (Å²) in [5, 5.41) is 15.5. The van der Waals surface area contributed by atoms with Gasteiger partial charge in [-0.05, 0) is 0 Å². The van der Waals surface area contributed by atoms with E-state index in [1.807, 2.05) is 0 Å². The largest absolute Gasteiger partial charge is 0.490 e. The molecule has 0 aliphatic carbocycles. The fourth-order valence-corrected chi connectivity index (χ4v) is 1.08. The van der Waals surface area contributed by atoms with Gasteiger partial charge in [-0.3, -0.25) is 9.69 Å². The van der Waals surface area contributed by atoms with Gasteiger partial charge in [0.2, 0.25) is 0 Å². The Morgan fingerprint density at radius 3 is 1.94 bits per heavy atom. The molecule has 0 saturated carbocycles. The molecule has 6 nitrogen and oxygen atoms in total. The Kier molecular flexibility index (Phi) is 7.29. The fourth-order valence-electron chi connectivity index (χ4n) is 1.08. The minimum absolute atomic E-state index is 0.236. The quantitative estimate of drug-likeness (QED) is 0.775. The zero-order valence-corrected chi connectivity index (χ0v) is 9.44. The van der Waals surface area contributed by atoms with Crippen LogP contribution in [-0.2, 0) is 14.3 Å². The van der Waals surface area contributed by atoms with Crippen LogP contribution in [0.5, 0.6) is 0 Å². The van der Waals surface area contributed by atoms with Crippen molar-refractivity contribution in [3.8, 4) is 0 Å². The summed E-state index contributed by atoms with van der Waals surface area (Å²) in [7, 11) is 0. The highest BCUT2D eigenvalue weighted by Crippen LogP contribution is 2.13. The molecule has 0 spiro atoms. The molecule has 0 atom stereocenters. The highest BCUT2D eigenvalue weighted by atomic mass is 19.4. The Balaban J connectivity index is 0.000000360. The summed E-state index contributed by atoms with van der Waals surface area (Å²) in [6.07, 6.45) is -4.85. The van der Waals surface area contributed by atoms with Crippen LogP contribution < -0.4 is 0 Å². The van der Waals surface area contributed by atoms with Gasteiger partial charge in [-0.2, -0.15) is 13.2 Å². The Labute approximate surface area is 101 Å². The number of halogens is 3. The summed E-state index contributed by atoms with van der Waals surface area (Å²) in [5.41, 5.74) is 0. The van der Waals surface area contributed by atoms with Crippen LogP contribution in [0.15, 0.2) is 0 Å². The second-order valence-corrected chi connectivity index (χ2v) is 3.40. The van der Waals surface area contributed by atoms with Gasteiger partial charge >= 0.3 is 18.1 Å². The van der Waals surface area contributed by atoms with Crippen molar-refractivity contribution in [2.75, 3.05) is 32.8 Å². The number of aliphatic carboxylic acids is 2. The molecule has 0 aromatic heterocycles. The summed E-state index contributed by atoms with van der Waals surface area (Å²) in [6.45, 7) is 3.86. The average molecular weight is 273 g/mol. The van der Waals surface area contributed by atoms with Crippen molar-refractivity contribution in [3.63, 3.8) is 0 Å². The molecule has 1 aliphatic rings. The van der Waals surface area contributed by atoms with Crippen LogP contribution >= 0.6 is 0 Å². The van der Waals surface area contributed by atoms with Crippen molar-refractivity contribution in [1.82, 2.24) is 4.90 Å². The van der Waals surface area contributed by atoms with Crippen LogP contribution in [0.25, 0.3) is 0 Å². The van der Waals surface area contributed by atoms with Crippen LogP contribution in [0.4, 0.5) is 13.2 Å². The van der Waals surface area contributed by atoms with E-state index >= 15 is 0 Å². The second kappa shape index (κ2) is 7.88. The number of carbonyl (C=O) groups is 2. The number of nitrogens with zero attached hydrogens (tertiary/aromatic N) is 1. The molecule has 1 aliphatic heterocycles. The number of hydrogen-bond acceptors (Lipinski definition) is 4. The topological polar surface area (TPSA) is 87.1 Å². The van der Waals surface area contributed by atoms with E-state index in [1.54, 1.807) is 0 Å². The molecule has 2 N–H and O–H groups in total. The Hall–Kier alpha value is -1.35. The summed E-state index contributed by atoms with van der Waals surface area (Å²) < 4.78 is 36.9. The first-order chi connectivity index (χ1) is 8.23. The molecule has 18 heavy (non-hydrogen) atoms. The molecule has 106 valence electrons. The molecule has 1 saturated heterocycles. The lowest BCUT2D eigenvalue weighted by Crippen LogP contribution is -2.37. The minimum atomic E-state index is -5.08. The highest BCUT2D eigenvalue weighted by molar-refractivity contribution is 5.73. The van der Waals surface area contributed by atoms with Crippen molar-refractivity contribution in [2.24, 2.45) is 0 Å². The zero-order chi connectivity index (χ0) is 14.2. The van der Waals surface area contributed by atoms with Gasteiger partial charge in [-0.15, -0.1) is 0 Å². The maximum atomic E-state index is 10.6. The summed E-state index contributed by atoms with van der Waals surface area (Å²) in [5.74, 6) is -3.48. The number of carboxylic acid groups (broad SMARTS) is 2. The number of alkyl halides is 3. The third-order valence-electron chi connectivity index (χ3n) is 1.99. The average Bonchev–Trinajstić information content (AvgIpc) is 2.27. The van der Waals surface area contributed by atoms with E-state index in [0.29, 0.717) is 6.54 Å². The molecule has 1 fully saturated rings. The molecular weight excluding hydrogens is 259 g/mol. The van der Waals surface area contributed by atoms with Gasteiger partial charge < -0.3 is 14.9 Å². The summed E-state index contributed by atoms with van der Waals surface area (Å²) >= 11 is 0. The Bertz CT molecular complexity index is 276. The van der Waals surface area contributed by atoms with E-state index < -0.39 is 18.1 Å². The first-order valence-electron chi connectivity index (χ1n) is 5.05. The SMILES string of the molecule is O=C(O)C(F)(F)F.O=C(O)CCN1CCOCC1. The first kappa shape index (κ1) is 16.6. The van der Waals surface area contributed by atoms with Gasteiger partial charge in [0.05, 0.1) is 19.6 Å². The van der Waals surface area contributed by atoms with Crippen molar-refractivity contribution in [2.45, 2.75) is 12.6 Å². The van der Waals surface area contributed by atoms with Gasteiger partial charge in [0.1, 0.15) is 0 Å². The van der Waals surface area contributed by atoms with Gasteiger partial charge in [-0.1, -0.05) is 0 Å². The third-order valence-corrected chi connectivity index (χ3v) is 1.99. The number of ether oxygens (including phenoxy) is 1. The molecular formula is C9H14F3NO5. The monoisotopic (exact) mass is 273 g/mol. The van der Waals surface area contributed by atoms with Gasteiger partial charge in [0.15, 0.2) is 0 Å². The molecule has 0 amide bonds. The lowest BCUT2D eigenvalue weighted by Gasteiger charge is -2.25. The summed E-state index contributed by atoms with van der Waals surface area (Å²) in [6, 6.07) is 0. The molecule has 9 heteroatoms. The van der Waals surface area contributed by atoms with Gasteiger partial charge in [0, 0.05) is 19.6 Å². The zero-order valence-electron chi connectivity index (χ0n) is 9.44. The predicted octanol–water partition coefficient (Wildman–Crippen LogP) is 0.427. The second-order valence-electron chi connectivity index (χ2n) is 3.40. The van der Waals surface area contributed by atoms with Gasteiger partial charge in [0.25, 0.3) is 0 Å². The minimum Gasteiger partial charge on any atom is -0.481 e. The maximum Gasteiger partial charge on any atom is 0.490 e. The number of morpholine rings is 1. The Morgan fingerprint density at radius 1 is 1.17 bits per heavy atom. The molecule has 0 unspecified atom stereocenters. The lowest BCUT2D eigenvalue weighted by atomic mass is 10.3. The van der Waals surface area contributed by atoms with Crippen molar-refractivity contribution in [3.05, 3.63) is 0 Å². The number of carboxylic acids is 2. The summed E-state index contributed by atoms with van der Waals surface area (Å²) in [4.78, 5) is 21.2. The van der Waals surface area contributed by atoms with Gasteiger partial charge in [-0.25, -0.2) is 4.79 Å². The van der Waals surface area contributed by atoms with E-state index in [1.165, 1.54) is 0 Å². The fraction of sp³-hybridized carbons (Fsp3) is 0.778. The number of rotatable bonds is 3. The highest BCUT2D eigenvalue weighted by Gasteiger charge is 2.38. The standard InChI is InChI=1S/C7H13NO3.C2HF3O2/c9-7(10)1-2-8-3-5-11-6-4-8;3-2(4,5)1(6)7/h1-6H2,(H,9,10);(H,6,7). The van der Waals surface area contributed by atoms with E-state index in [4.69, 9.17) is 19.7 Å². The van der Waals surface area contributed by atoms with Crippen LogP contribution in [0.3, 0.4) is 0 Å². The molecule has 1 heterocycles. The molecule has 0 bridgehead atoms. The first-order valence-corrected chi connectivity index (χ1v) is 5.05. The predicted molar refractivity (Wildman–Crippen MR) is 53.2 cm³/mol. The normalized spacial score (nSPS) is 16.6. The van der Waals surface area contributed by atoms with Crippen LogP contribution in [0.1, 0.15) is 6.42 Å². The van der Waals surface area contributed by atoms with Crippen molar-refractivity contribution in [1.29, 1.82) is 0 Å². The van der Waals surface area contributed by atoms with Crippen LogP contribution in [-0.4, -0.2) is 66.1 Å². The van der Waals surface area contributed by atoms with E-state index in [0.717, 1.165) is 26.3 Å². The lowest BCUT2D eigenvalue weighted by molar-refractivity contribution is -0.192.